The standard InChI is InChI=1S/C30H34N4OS/c35-29(31-20-10-13-23-11-3-1-4-12-23)22-36-30-33-32-28(34(30)26-17-5-2-6-18-26)21-25-16-9-15-24-14-7-8-19-27(24)25/h1,3-4,7-9,11-12,14-16,19,26H,2,5-6,10,13,17-18,20-22H2,(H,31,35). The Kier molecular flexibility index (Phi) is 8.34. The van der Waals surface area contributed by atoms with E-state index in [2.05, 4.69) is 86.8 Å². The molecule has 1 amide bonds. The summed E-state index contributed by atoms with van der Waals surface area (Å²) in [6.07, 6.45) is 8.74. The van der Waals surface area contributed by atoms with Crippen LogP contribution in [0.15, 0.2) is 78.0 Å². The third-order valence-electron chi connectivity index (χ3n) is 7.04. The Morgan fingerprint density at radius 2 is 1.69 bits per heavy atom. The minimum Gasteiger partial charge on any atom is -0.355 e. The fraction of sp³-hybridized carbons (Fsp3) is 0.367. The first kappa shape index (κ1) is 24.6. The van der Waals surface area contributed by atoms with Gasteiger partial charge in [0.1, 0.15) is 5.82 Å². The van der Waals surface area contributed by atoms with Crippen LogP contribution in [-0.2, 0) is 17.6 Å². The molecule has 5 rings (SSSR count). The van der Waals surface area contributed by atoms with Crippen molar-refractivity contribution in [2.24, 2.45) is 0 Å². The summed E-state index contributed by atoms with van der Waals surface area (Å²) < 4.78 is 2.34. The lowest BCUT2D eigenvalue weighted by Crippen LogP contribution is -2.26. The maximum Gasteiger partial charge on any atom is 0.230 e. The molecule has 186 valence electrons. The van der Waals surface area contributed by atoms with Crippen molar-refractivity contribution in [3.05, 3.63) is 89.7 Å². The monoisotopic (exact) mass is 498 g/mol. The molecular formula is C30H34N4OS. The zero-order valence-corrected chi connectivity index (χ0v) is 21.6. The molecule has 1 aromatic heterocycles. The smallest absolute Gasteiger partial charge is 0.230 e. The zero-order valence-electron chi connectivity index (χ0n) is 20.7. The Labute approximate surface area is 217 Å². The minimum atomic E-state index is 0.0573. The van der Waals surface area contributed by atoms with Crippen molar-refractivity contribution in [1.82, 2.24) is 20.1 Å². The summed E-state index contributed by atoms with van der Waals surface area (Å²) >= 11 is 1.52. The molecule has 3 aromatic carbocycles. The summed E-state index contributed by atoms with van der Waals surface area (Å²) in [6.45, 7) is 0.690. The van der Waals surface area contributed by atoms with E-state index in [0.717, 1.165) is 43.1 Å². The third-order valence-corrected chi connectivity index (χ3v) is 7.99. The number of nitrogens with one attached hydrogen (secondary N) is 1. The molecule has 0 aliphatic heterocycles. The molecule has 1 saturated carbocycles. The topological polar surface area (TPSA) is 59.8 Å². The van der Waals surface area contributed by atoms with Crippen LogP contribution in [0.25, 0.3) is 10.8 Å². The number of carbonyl (C=O) groups is 1. The van der Waals surface area contributed by atoms with E-state index in [0.29, 0.717) is 18.3 Å². The molecule has 5 nitrogen and oxygen atoms in total. The van der Waals surface area contributed by atoms with Gasteiger partial charge in [-0.05, 0) is 47.6 Å². The van der Waals surface area contributed by atoms with Crippen LogP contribution in [0.1, 0.15) is 61.5 Å². The van der Waals surface area contributed by atoms with E-state index in [1.54, 1.807) is 0 Å². The maximum absolute atomic E-state index is 12.6. The summed E-state index contributed by atoms with van der Waals surface area (Å²) in [6, 6.07) is 25.8. The van der Waals surface area contributed by atoms with Gasteiger partial charge in [0.15, 0.2) is 5.16 Å². The molecule has 4 aromatic rings. The first-order valence-electron chi connectivity index (χ1n) is 13.1. The summed E-state index contributed by atoms with van der Waals surface area (Å²) in [5, 5.41) is 15.7. The fourth-order valence-corrected chi connectivity index (χ4v) is 6.05. The number of rotatable bonds is 10. The lowest BCUT2D eigenvalue weighted by atomic mass is 9.95. The van der Waals surface area contributed by atoms with Crippen LogP contribution in [0.3, 0.4) is 0 Å². The number of amides is 1. The maximum atomic E-state index is 12.6. The van der Waals surface area contributed by atoms with Crippen LogP contribution >= 0.6 is 11.8 Å². The van der Waals surface area contributed by atoms with Crippen molar-refractivity contribution in [2.45, 2.75) is 62.6 Å². The van der Waals surface area contributed by atoms with E-state index in [1.165, 1.54) is 52.9 Å². The lowest BCUT2D eigenvalue weighted by molar-refractivity contribution is -0.118. The number of thioether (sulfide) groups is 1. The molecule has 6 heteroatoms. The fourth-order valence-electron chi connectivity index (χ4n) is 5.20. The molecule has 0 radical (unpaired) electrons. The Hall–Kier alpha value is -3.12. The first-order valence-corrected chi connectivity index (χ1v) is 14.1. The van der Waals surface area contributed by atoms with Gasteiger partial charge in [0.25, 0.3) is 0 Å². The van der Waals surface area contributed by atoms with Crippen LogP contribution in [0.5, 0.6) is 0 Å². The van der Waals surface area contributed by atoms with E-state index < -0.39 is 0 Å². The molecule has 0 saturated heterocycles. The third kappa shape index (κ3) is 6.16. The summed E-state index contributed by atoms with van der Waals surface area (Å²) in [7, 11) is 0. The molecule has 0 atom stereocenters. The molecule has 1 fully saturated rings. The van der Waals surface area contributed by atoms with Crippen molar-refractivity contribution >= 4 is 28.4 Å². The number of hydrogen-bond acceptors (Lipinski definition) is 4. The second-order valence-electron chi connectivity index (χ2n) is 9.60. The number of carbonyl (C=O) groups excluding carboxylic acids is 1. The molecule has 1 aliphatic rings. The summed E-state index contributed by atoms with van der Waals surface area (Å²) in [5.74, 6) is 1.43. The van der Waals surface area contributed by atoms with Gasteiger partial charge in [0, 0.05) is 19.0 Å². The largest absolute Gasteiger partial charge is 0.355 e. The lowest BCUT2D eigenvalue weighted by Gasteiger charge is -2.25. The van der Waals surface area contributed by atoms with Gasteiger partial charge >= 0.3 is 0 Å². The van der Waals surface area contributed by atoms with Crippen LogP contribution in [0.2, 0.25) is 0 Å². The van der Waals surface area contributed by atoms with Crippen LogP contribution < -0.4 is 5.32 Å². The van der Waals surface area contributed by atoms with Gasteiger partial charge < -0.3 is 9.88 Å². The highest BCUT2D eigenvalue weighted by molar-refractivity contribution is 7.99. The SMILES string of the molecule is O=C(CSc1nnc(Cc2cccc3ccccc23)n1C1CCCCC1)NCCCc1ccccc1. The second kappa shape index (κ2) is 12.2. The predicted octanol–water partition coefficient (Wildman–Crippen LogP) is 6.37. The predicted molar refractivity (Wildman–Crippen MR) is 147 cm³/mol. The van der Waals surface area contributed by atoms with Crippen molar-refractivity contribution < 1.29 is 4.79 Å². The number of aryl methyl sites for hydroxylation is 1. The van der Waals surface area contributed by atoms with E-state index in [9.17, 15) is 4.79 Å². The molecular weight excluding hydrogens is 464 g/mol. The molecule has 0 unspecified atom stereocenters. The van der Waals surface area contributed by atoms with Gasteiger partial charge in [0.2, 0.25) is 5.91 Å². The summed E-state index contributed by atoms with van der Waals surface area (Å²) in [4.78, 5) is 12.6. The van der Waals surface area contributed by atoms with Gasteiger partial charge in [-0.3, -0.25) is 4.79 Å². The zero-order chi connectivity index (χ0) is 24.6. The van der Waals surface area contributed by atoms with Crippen LogP contribution in [0.4, 0.5) is 0 Å². The average Bonchev–Trinajstić information content (AvgIpc) is 3.33. The van der Waals surface area contributed by atoms with Crippen molar-refractivity contribution in [2.75, 3.05) is 12.3 Å². The molecule has 1 aliphatic carbocycles. The van der Waals surface area contributed by atoms with E-state index in [4.69, 9.17) is 0 Å². The van der Waals surface area contributed by atoms with E-state index in [-0.39, 0.29) is 5.91 Å². The van der Waals surface area contributed by atoms with E-state index >= 15 is 0 Å². The Balaban J connectivity index is 1.24. The van der Waals surface area contributed by atoms with Gasteiger partial charge in [-0.15, -0.1) is 10.2 Å². The first-order chi connectivity index (χ1) is 17.8. The summed E-state index contributed by atoms with van der Waals surface area (Å²) in [5.41, 5.74) is 2.57. The van der Waals surface area contributed by atoms with Crippen molar-refractivity contribution in [1.29, 1.82) is 0 Å². The Morgan fingerprint density at radius 3 is 2.56 bits per heavy atom. The van der Waals surface area contributed by atoms with Crippen LogP contribution in [-0.4, -0.2) is 33.0 Å². The quantitative estimate of drug-likeness (QED) is 0.204. The number of aromatic nitrogens is 3. The van der Waals surface area contributed by atoms with Gasteiger partial charge in [-0.2, -0.15) is 0 Å². The Morgan fingerprint density at radius 1 is 0.917 bits per heavy atom. The number of fused-ring (bicyclic) bond motifs is 1. The molecule has 36 heavy (non-hydrogen) atoms. The normalized spacial score (nSPS) is 14.2. The molecule has 0 spiro atoms. The molecule has 1 N–H and O–H groups in total. The van der Waals surface area contributed by atoms with Crippen molar-refractivity contribution in [3.8, 4) is 0 Å². The van der Waals surface area contributed by atoms with E-state index in [1.807, 2.05) is 6.07 Å². The van der Waals surface area contributed by atoms with Gasteiger partial charge in [-0.25, -0.2) is 0 Å². The average molecular weight is 499 g/mol. The second-order valence-corrected chi connectivity index (χ2v) is 10.5. The number of hydrogen-bond donors (Lipinski definition) is 1. The number of nitrogens with zero attached hydrogens (tertiary/aromatic N) is 3. The molecule has 0 bridgehead atoms. The number of benzene rings is 3. The highest BCUT2D eigenvalue weighted by atomic mass is 32.2. The Bertz CT molecular complexity index is 1280. The highest BCUT2D eigenvalue weighted by Crippen LogP contribution is 2.33. The van der Waals surface area contributed by atoms with Crippen LogP contribution in [0, 0.1) is 0 Å². The molecule has 1 heterocycles. The van der Waals surface area contributed by atoms with Gasteiger partial charge in [-0.1, -0.05) is 104 Å². The van der Waals surface area contributed by atoms with Gasteiger partial charge in [0.05, 0.1) is 5.75 Å². The minimum absolute atomic E-state index is 0.0573. The van der Waals surface area contributed by atoms with Crippen molar-refractivity contribution in [3.63, 3.8) is 0 Å². The highest BCUT2D eigenvalue weighted by Gasteiger charge is 2.24.